The zero-order valence-electron chi connectivity index (χ0n) is 17.4. The topological polar surface area (TPSA) is 79.0 Å². The van der Waals surface area contributed by atoms with Crippen LogP contribution < -0.4 is 9.57 Å². The third-order valence-corrected chi connectivity index (χ3v) is 6.36. The molecule has 1 aliphatic carbocycles. The van der Waals surface area contributed by atoms with Gasteiger partial charge in [-0.3, -0.25) is 0 Å². The van der Waals surface area contributed by atoms with Crippen LogP contribution in [-0.2, 0) is 10.0 Å². The van der Waals surface area contributed by atoms with E-state index < -0.39 is 10.0 Å². The highest BCUT2D eigenvalue weighted by atomic mass is 32.2. The minimum absolute atomic E-state index is 0.245. The van der Waals surface area contributed by atoms with Crippen LogP contribution in [0, 0.1) is 0 Å². The first-order valence-electron chi connectivity index (χ1n) is 10.1. The van der Waals surface area contributed by atoms with Crippen molar-refractivity contribution in [1.29, 1.82) is 0 Å². The van der Waals surface area contributed by atoms with Crippen LogP contribution >= 0.6 is 0 Å². The lowest BCUT2D eigenvalue weighted by Gasteiger charge is -2.30. The lowest BCUT2D eigenvalue weighted by Crippen LogP contribution is -2.44. The molecule has 2 atom stereocenters. The average Bonchev–Trinajstić information content (AvgIpc) is 3.52. The lowest BCUT2D eigenvalue weighted by atomic mass is 9.99. The van der Waals surface area contributed by atoms with Gasteiger partial charge in [0.15, 0.2) is 0 Å². The quantitative estimate of drug-likeness (QED) is 0.730. The molecule has 30 heavy (non-hydrogen) atoms. The summed E-state index contributed by atoms with van der Waals surface area (Å²) >= 11 is 0. The van der Waals surface area contributed by atoms with E-state index in [1.807, 2.05) is 31.2 Å². The first-order valence-corrected chi connectivity index (χ1v) is 12.0. The molecule has 7 nitrogen and oxygen atoms in total. The van der Waals surface area contributed by atoms with Gasteiger partial charge in [-0.2, -0.15) is 0 Å². The van der Waals surface area contributed by atoms with E-state index in [0.717, 1.165) is 23.1 Å². The number of benzene rings is 2. The Hall–Kier alpha value is -2.58. The third-order valence-electron chi connectivity index (χ3n) is 5.80. The highest BCUT2D eigenvalue weighted by molar-refractivity contribution is 7.88. The summed E-state index contributed by atoms with van der Waals surface area (Å²) < 4.78 is 28.8. The zero-order valence-corrected chi connectivity index (χ0v) is 18.2. The number of ether oxygens (including phenoxy) is 1. The Morgan fingerprint density at radius 3 is 2.17 bits per heavy atom. The SMILES string of the molecule is COc1ccc(C(C)N2C(=O)N(NS(C)(=O)=O)CC2c2ccc(C3CC3)cc2)cc1. The van der Waals surface area contributed by atoms with Crippen LogP contribution in [0.1, 0.15) is 54.5 Å². The Labute approximate surface area is 177 Å². The summed E-state index contributed by atoms with van der Waals surface area (Å²) in [5.41, 5.74) is 3.26. The Balaban J connectivity index is 1.65. The summed E-state index contributed by atoms with van der Waals surface area (Å²) in [7, 11) is -1.96. The number of hydrazine groups is 1. The van der Waals surface area contributed by atoms with Gasteiger partial charge in [0.05, 0.1) is 32.0 Å². The second-order valence-electron chi connectivity index (χ2n) is 8.07. The molecule has 1 saturated heterocycles. The maximum atomic E-state index is 13.2. The number of hydrogen-bond donors (Lipinski definition) is 1. The highest BCUT2D eigenvalue weighted by Gasteiger charge is 2.42. The normalized spacial score (nSPS) is 20.5. The number of hydrogen-bond acceptors (Lipinski definition) is 4. The maximum absolute atomic E-state index is 13.2. The second kappa shape index (κ2) is 7.92. The van der Waals surface area contributed by atoms with Crippen LogP contribution in [0.15, 0.2) is 48.5 Å². The number of carbonyl (C=O) groups excluding carboxylic acids is 1. The molecular weight excluding hydrogens is 402 g/mol. The van der Waals surface area contributed by atoms with Crippen molar-refractivity contribution >= 4 is 16.1 Å². The molecule has 2 aliphatic rings. The Morgan fingerprint density at radius 1 is 1.03 bits per heavy atom. The number of nitrogens with zero attached hydrogens (tertiary/aromatic N) is 2. The number of urea groups is 1. The van der Waals surface area contributed by atoms with Crippen molar-refractivity contribution in [3.05, 3.63) is 65.2 Å². The van der Waals surface area contributed by atoms with Crippen molar-refractivity contribution in [2.75, 3.05) is 19.9 Å². The predicted molar refractivity (Wildman–Crippen MR) is 114 cm³/mol. The van der Waals surface area contributed by atoms with Crippen molar-refractivity contribution in [2.24, 2.45) is 0 Å². The molecule has 8 heteroatoms. The van der Waals surface area contributed by atoms with Gasteiger partial charge >= 0.3 is 6.03 Å². The highest BCUT2D eigenvalue weighted by Crippen LogP contribution is 2.41. The Morgan fingerprint density at radius 2 is 1.63 bits per heavy atom. The van der Waals surface area contributed by atoms with Crippen molar-refractivity contribution < 1.29 is 17.9 Å². The summed E-state index contributed by atoms with van der Waals surface area (Å²) in [5, 5.41) is 1.19. The van der Waals surface area contributed by atoms with Crippen LogP contribution in [0.2, 0.25) is 0 Å². The largest absolute Gasteiger partial charge is 0.497 e. The molecule has 0 radical (unpaired) electrons. The first kappa shape index (κ1) is 20.7. The molecule has 1 heterocycles. The van der Waals surface area contributed by atoms with E-state index in [1.165, 1.54) is 23.4 Å². The molecule has 0 aromatic heterocycles. The lowest BCUT2D eigenvalue weighted by molar-refractivity contribution is 0.166. The number of carbonyl (C=O) groups is 1. The van der Waals surface area contributed by atoms with Gasteiger partial charge in [-0.25, -0.2) is 18.2 Å². The van der Waals surface area contributed by atoms with Crippen LogP contribution in [-0.4, -0.2) is 44.3 Å². The summed E-state index contributed by atoms with van der Waals surface area (Å²) in [6.45, 7) is 2.20. The van der Waals surface area contributed by atoms with E-state index in [4.69, 9.17) is 4.74 Å². The molecule has 2 fully saturated rings. The van der Waals surface area contributed by atoms with E-state index in [2.05, 4.69) is 29.1 Å². The molecule has 1 N–H and O–H groups in total. The van der Waals surface area contributed by atoms with Gasteiger partial charge in [0.1, 0.15) is 5.75 Å². The molecule has 4 rings (SSSR count). The molecule has 0 bridgehead atoms. The second-order valence-corrected chi connectivity index (χ2v) is 9.80. The van der Waals surface area contributed by atoms with Crippen molar-refractivity contribution in [3.8, 4) is 5.75 Å². The van der Waals surface area contributed by atoms with E-state index in [0.29, 0.717) is 5.92 Å². The fourth-order valence-electron chi connectivity index (χ4n) is 4.04. The number of amides is 2. The monoisotopic (exact) mass is 429 g/mol. The fourth-order valence-corrected chi connectivity index (χ4v) is 4.59. The molecule has 2 unspecified atom stereocenters. The van der Waals surface area contributed by atoms with E-state index in [9.17, 15) is 13.2 Å². The number of nitrogens with one attached hydrogen (secondary N) is 1. The summed E-state index contributed by atoms with van der Waals surface area (Å²) in [4.78, 5) is 17.3. The molecule has 1 aliphatic heterocycles. The zero-order chi connectivity index (χ0) is 21.5. The number of sulfonamides is 1. The molecule has 1 saturated carbocycles. The summed E-state index contributed by atoms with van der Waals surface area (Å²) in [6, 6.07) is 15.1. The van der Waals surface area contributed by atoms with Gasteiger partial charge in [0, 0.05) is 0 Å². The van der Waals surface area contributed by atoms with Gasteiger partial charge in [0.2, 0.25) is 10.0 Å². The molecule has 0 spiro atoms. The van der Waals surface area contributed by atoms with E-state index in [-0.39, 0.29) is 24.7 Å². The number of methoxy groups -OCH3 is 1. The van der Waals surface area contributed by atoms with Gasteiger partial charge in [-0.15, -0.1) is 4.83 Å². The third kappa shape index (κ3) is 4.29. The van der Waals surface area contributed by atoms with Crippen LogP contribution in [0.25, 0.3) is 0 Å². The maximum Gasteiger partial charge on any atom is 0.336 e. The molecule has 160 valence electrons. The Bertz CT molecular complexity index is 1020. The van der Waals surface area contributed by atoms with Crippen LogP contribution in [0.3, 0.4) is 0 Å². The minimum atomic E-state index is -3.57. The van der Waals surface area contributed by atoms with E-state index >= 15 is 0 Å². The van der Waals surface area contributed by atoms with Crippen LogP contribution in [0.5, 0.6) is 5.75 Å². The predicted octanol–water partition coefficient (Wildman–Crippen LogP) is 3.58. The first-order chi connectivity index (χ1) is 14.3. The van der Waals surface area contributed by atoms with Crippen molar-refractivity contribution in [1.82, 2.24) is 14.7 Å². The molecule has 2 aromatic rings. The molecular formula is C22H27N3O4S. The molecule has 2 aromatic carbocycles. The van der Waals surface area contributed by atoms with Gasteiger partial charge < -0.3 is 9.64 Å². The Kier molecular flexibility index (Phi) is 5.46. The van der Waals surface area contributed by atoms with Crippen LogP contribution in [0.4, 0.5) is 4.79 Å². The smallest absolute Gasteiger partial charge is 0.336 e. The van der Waals surface area contributed by atoms with Gasteiger partial charge in [-0.05, 0) is 54.5 Å². The standard InChI is InChI=1S/C22H27N3O4S/c1-15(16-10-12-20(29-2)13-11-16)25-21(14-24(22(25)26)23-30(3,27)28)19-8-6-18(7-9-19)17-4-5-17/h6-13,15,17,21,23H,4-5,14H2,1-3H3. The minimum Gasteiger partial charge on any atom is -0.497 e. The van der Waals surface area contributed by atoms with E-state index in [1.54, 1.807) is 12.0 Å². The fraction of sp³-hybridized carbons (Fsp3) is 0.409. The summed E-state index contributed by atoms with van der Waals surface area (Å²) in [6.07, 6.45) is 3.51. The number of rotatable bonds is 7. The molecule has 2 amide bonds. The summed E-state index contributed by atoms with van der Waals surface area (Å²) in [5.74, 6) is 1.40. The van der Waals surface area contributed by atoms with Crippen molar-refractivity contribution in [2.45, 2.75) is 37.8 Å². The average molecular weight is 430 g/mol. The van der Waals surface area contributed by atoms with Gasteiger partial charge in [-0.1, -0.05) is 36.4 Å². The van der Waals surface area contributed by atoms with Gasteiger partial charge in [0.25, 0.3) is 0 Å². The van der Waals surface area contributed by atoms with Crippen molar-refractivity contribution in [3.63, 3.8) is 0 Å².